The minimum Gasteiger partial charge on any atom is -0.352 e. The van der Waals surface area contributed by atoms with E-state index in [1.807, 2.05) is 0 Å². The summed E-state index contributed by atoms with van der Waals surface area (Å²) in [6.45, 7) is 4.47. The van der Waals surface area contributed by atoms with E-state index >= 15 is 0 Å². The van der Waals surface area contributed by atoms with E-state index in [9.17, 15) is 14.9 Å². The highest BCUT2D eigenvalue weighted by atomic mass is 16.6. The maximum absolute atomic E-state index is 11.9. The number of hydrogen-bond acceptors (Lipinski definition) is 4. The van der Waals surface area contributed by atoms with Crippen molar-refractivity contribution < 1.29 is 9.72 Å². The van der Waals surface area contributed by atoms with Gasteiger partial charge in [0.2, 0.25) is 5.91 Å². The molecule has 1 atom stereocenters. The van der Waals surface area contributed by atoms with Crippen LogP contribution in [-0.4, -0.2) is 23.4 Å². The Morgan fingerprint density at radius 1 is 1.40 bits per heavy atom. The molecule has 1 amide bonds. The highest BCUT2D eigenvalue weighted by Gasteiger charge is 2.17. The van der Waals surface area contributed by atoms with E-state index in [2.05, 4.69) is 19.2 Å². The maximum atomic E-state index is 11.9. The number of hydrogen-bond donors (Lipinski definition) is 2. The van der Waals surface area contributed by atoms with Crippen LogP contribution in [0.3, 0.4) is 0 Å². The summed E-state index contributed by atoms with van der Waals surface area (Å²) in [6, 6.07) is 6.17. The lowest BCUT2D eigenvalue weighted by atomic mass is 10.0. The molecule has 0 aliphatic carbocycles. The summed E-state index contributed by atoms with van der Waals surface area (Å²) < 4.78 is 0. The Morgan fingerprint density at radius 2 is 2.05 bits per heavy atom. The predicted molar refractivity (Wildman–Crippen MR) is 77.2 cm³/mol. The van der Waals surface area contributed by atoms with Gasteiger partial charge in [-0.2, -0.15) is 0 Å². The first-order valence-corrected chi connectivity index (χ1v) is 6.65. The second kappa shape index (κ2) is 7.59. The highest BCUT2D eigenvalue weighted by molar-refractivity contribution is 5.80. The Balaban J connectivity index is 2.69. The molecule has 1 aromatic carbocycles. The second-order valence-electron chi connectivity index (χ2n) is 5.19. The van der Waals surface area contributed by atoms with Crippen molar-refractivity contribution in [3.8, 4) is 0 Å². The molecule has 3 N–H and O–H groups in total. The van der Waals surface area contributed by atoms with Crippen molar-refractivity contribution in [1.82, 2.24) is 5.32 Å². The zero-order valence-corrected chi connectivity index (χ0v) is 11.8. The third-order valence-corrected chi connectivity index (χ3v) is 2.94. The van der Waals surface area contributed by atoms with Gasteiger partial charge in [-0.15, -0.1) is 0 Å². The average molecular weight is 279 g/mol. The number of nitrogens with zero attached hydrogens (tertiary/aromatic N) is 1. The molecule has 0 bridgehead atoms. The molecule has 1 aromatic rings. The van der Waals surface area contributed by atoms with Crippen LogP contribution in [0.15, 0.2) is 24.3 Å². The number of para-hydroxylation sites is 1. The van der Waals surface area contributed by atoms with Crippen molar-refractivity contribution in [3.63, 3.8) is 0 Å². The number of carbonyl (C=O) groups is 1. The van der Waals surface area contributed by atoms with Crippen molar-refractivity contribution >= 4 is 11.6 Å². The molecule has 0 radical (unpaired) electrons. The van der Waals surface area contributed by atoms with Crippen LogP contribution in [0.25, 0.3) is 0 Å². The van der Waals surface area contributed by atoms with E-state index in [-0.39, 0.29) is 24.1 Å². The molecule has 110 valence electrons. The van der Waals surface area contributed by atoms with E-state index in [4.69, 9.17) is 5.73 Å². The van der Waals surface area contributed by atoms with Crippen LogP contribution in [0.2, 0.25) is 0 Å². The van der Waals surface area contributed by atoms with Crippen LogP contribution in [0, 0.1) is 16.0 Å². The number of nitro groups is 1. The zero-order chi connectivity index (χ0) is 15.1. The number of carbonyl (C=O) groups excluding carboxylic acids is 1. The maximum Gasteiger partial charge on any atom is 0.273 e. The molecule has 0 saturated heterocycles. The molecule has 0 heterocycles. The summed E-state index contributed by atoms with van der Waals surface area (Å²) >= 11 is 0. The van der Waals surface area contributed by atoms with Crippen molar-refractivity contribution in [2.45, 2.75) is 32.7 Å². The fourth-order valence-electron chi connectivity index (χ4n) is 2.07. The topological polar surface area (TPSA) is 98.3 Å². The van der Waals surface area contributed by atoms with Crippen LogP contribution >= 0.6 is 0 Å². The van der Waals surface area contributed by atoms with Crippen LogP contribution in [0.1, 0.15) is 25.8 Å². The van der Waals surface area contributed by atoms with Crippen molar-refractivity contribution in [2.75, 3.05) is 6.54 Å². The molecule has 20 heavy (non-hydrogen) atoms. The Labute approximate surface area is 118 Å². The number of benzene rings is 1. The molecule has 0 saturated carbocycles. The molecule has 6 nitrogen and oxygen atoms in total. The summed E-state index contributed by atoms with van der Waals surface area (Å²) in [5, 5.41) is 13.7. The lowest BCUT2D eigenvalue weighted by molar-refractivity contribution is -0.385. The third-order valence-electron chi connectivity index (χ3n) is 2.94. The first kappa shape index (κ1) is 16.1. The van der Waals surface area contributed by atoms with Crippen LogP contribution in [-0.2, 0) is 11.2 Å². The van der Waals surface area contributed by atoms with Crippen molar-refractivity contribution in [3.05, 3.63) is 39.9 Å². The molecular formula is C14H21N3O3. The molecular weight excluding hydrogens is 258 g/mol. The standard InChI is InChI=1S/C14H21N3O3/c1-10(2)7-12(9-15)16-14(18)8-11-5-3-4-6-13(11)17(19)20/h3-6,10,12H,7-9,15H2,1-2H3,(H,16,18). The smallest absolute Gasteiger partial charge is 0.273 e. The fraction of sp³-hybridized carbons (Fsp3) is 0.500. The summed E-state index contributed by atoms with van der Waals surface area (Å²) in [5.74, 6) is 0.185. The monoisotopic (exact) mass is 279 g/mol. The van der Waals surface area contributed by atoms with Gasteiger partial charge in [-0.25, -0.2) is 0 Å². The number of nitrogens with two attached hydrogens (primary N) is 1. The molecule has 6 heteroatoms. The van der Waals surface area contributed by atoms with Gasteiger partial charge in [-0.1, -0.05) is 32.0 Å². The Kier molecular flexibility index (Phi) is 6.11. The minimum absolute atomic E-state index is 0.00819. The van der Waals surface area contributed by atoms with E-state index in [1.165, 1.54) is 6.07 Å². The van der Waals surface area contributed by atoms with Gasteiger partial charge in [0.05, 0.1) is 11.3 Å². The summed E-state index contributed by atoms with van der Waals surface area (Å²) in [5.41, 5.74) is 6.00. The first-order valence-electron chi connectivity index (χ1n) is 6.65. The van der Waals surface area contributed by atoms with Gasteiger partial charge >= 0.3 is 0 Å². The second-order valence-corrected chi connectivity index (χ2v) is 5.19. The summed E-state index contributed by atoms with van der Waals surface area (Å²) in [4.78, 5) is 22.4. The van der Waals surface area contributed by atoms with Crippen molar-refractivity contribution in [1.29, 1.82) is 0 Å². The number of nitrogens with one attached hydrogen (secondary N) is 1. The van der Waals surface area contributed by atoms with Gasteiger partial charge in [-0.05, 0) is 12.3 Å². The van der Waals surface area contributed by atoms with Gasteiger partial charge in [-0.3, -0.25) is 14.9 Å². The quantitative estimate of drug-likeness (QED) is 0.585. The molecule has 0 spiro atoms. The van der Waals surface area contributed by atoms with Crippen molar-refractivity contribution in [2.24, 2.45) is 11.7 Å². The normalized spacial score (nSPS) is 12.2. The fourth-order valence-corrected chi connectivity index (χ4v) is 2.07. The zero-order valence-electron chi connectivity index (χ0n) is 11.8. The lowest BCUT2D eigenvalue weighted by Crippen LogP contribution is -2.41. The summed E-state index contributed by atoms with van der Waals surface area (Å²) in [6.07, 6.45) is 0.783. The van der Waals surface area contributed by atoms with Crippen LogP contribution in [0.5, 0.6) is 0 Å². The van der Waals surface area contributed by atoms with E-state index in [1.54, 1.807) is 18.2 Å². The van der Waals surface area contributed by atoms with Crippen LogP contribution < -0.4 is 11.1 Å². The third kappa shape index (κ3) is 4.97. The number of rotatable bonds is 7. The van der Waals surface area contributed by atoms with Gasteiger partial charge in [0.15, 0.2) is 0 Å². The van der Waals surface area contributed by atoms with Gasteiger partial charge in [0.25, 0.3) is 5.69 Å². The SMILES string of the molecule is CC(C)CC(CN)NC(=O)Cc1ccccc1[N+](=O)[O-]. The Morgan fingerprint density at radius 3 is 2.60 bits per heavy atom. The molecule has 0 fully saturated rings. The highest BCUT2D eigenvalue weighted by Crippen LogP contribution is 2.18. The van der Waals surface area contributed by atoms with Gasteiger partial charge < -0.3 is 11.1 Å². The molecule has 1 rings (SSSR count). The largest absolute Gasteiger partial charge is 0.352 e. The average Bonchev–Trinajstić information content (AvgIpc) is 2.37. The molecule has 1 unspecified atom stereocenters. The Hall–Kier alpha value is -1.95. The molecule has 0 aromatic heterocycles. The molecule has 0 aliphatic heterocycles. The van der Waals surface area contributed by atoms with Crippen LogP contribution in [0.4, 0.5) is 5.69 Å². The first-order chi connectivity index (χ1) is 9.43. The van der Waals surface area contributed by atoms with Gasteiger partial charge in [0.1, 0.15) is 0 Å². The number of amides is 1. The Bertz CT molecular complexity index is 474. The lowest BCUT2D eigenvalue weighted by Gasteiger charge is -2.18. The molecule has 0 aliphatic rings. The van der Waals surface area contributed by atoms with E-state index in [0.29, 0.717) is 18.0 Å². The van der Waals surface area contributed by atoms with E-state index in [0.717, 1.165) is 6.42 Å². The summed E-state index contributed by atoms with van der Waals surface area (Å²) in [7, 11) is 0. The van der Waals surface area contributed by atoms with Gasteiger partial charge in [0, 0.05) is 24.2 Å². The van der Waals surface area contributed by atoms with E-state index < -0.39 is 4.92 Å². The minimum atomic E-state index is -0.475. The number of nitro benzene ring substituents is 1. The predicted octanol–water partition coefficient (Wildman–Crippen LogP) is 1.63.